The molecule has 0 aliphatic heterocycles. The molecule has 0 aliphatic carbocycles. The summed E-state index contributed by atoms with van der Waals surface area (Å²) in [5, 5.41) is 8.06. The van der Waals surface area contributed by atoms with Crippen LogP contribution >= 0.6 is 0 Å². The van der Waals surface area contributed by atoms with Crippen molar-refractivity contribution >= 4 is 6.79 Å². The zero-order valence-electron chi connectivity index (χ0n) is 5.29. The number of aliphatic hydroxyl groups excluding tert-OH is 1. The Hall–Kier alpha value is -0.790. The molecule has 0 radical (unpaired) electrons. The van der Waals surface area contributed by atoms with Crippen LogP contribution in [0.5, 0.6) is 0 Å². The lowest BCUT2D eigenvalue weighted by atomic mass is 10.2. The highest BCUT2D eigenvalue weighted by atomic mass is 16.2. The number of allylic oxidation sites excluding steroid dienone is 1. The van der Waals surface area contributed by atoms with Crippen LogP contribution in [0, 0.1) is 5.92 Å². The molecule has 2 heteroatoms. The summed E-state index contributed by atoms with van der Waals surface area (Å²) in [6.07, 6.45) is 2.80. The Morgan fingerprint density at radius 2 is 1.88 bits per heavy atom. The van der Waals surface area contributed by atoms with Gasteiger partial charge in [-0.2, -0.15) is 0 Å². The fourth-order valence-corrected chi connectivity index (χ4v) is 0.172. The molecule has 0 aliphatic rings. The molecule has 0 aromatic heterocycles. The van der Waals surface area contributed by atoms with Gasteiger partial charge in [-0.3, -0.25) is 0 Å². The average molecular weight is 116 g/mol. The van der Waals surface area contributed by atoms with E-state index < -0.39 is 0 Å². The van der Waals surface area contributed by atoms with Gasteiger partial charge in [-0.05, 0) is 12.0 Å². The highest BCUT2D eigenvalue weighted by Gasteiger charge is 1.77. The smallest absolute Gasteiger partial charge is 0.106 e. The van der Waals surface area contributed by atoms with E-state index >= 15 is 0 Å². The van der Waals surface area contributed by atoms with Crippen LogP contribution in [0.4, 0.5) is 0 Å². The summed E-state index contributed by atoms with van der Waals surface area (Å²) in [5.41, 5.74) is 0. The molecule has 0 atom stereocenters. The second-order valence-electron chi connectivity index (χ2n) is 1.59. The lowest BCUT2D eigenvalue weighted by Gasteiger charge is -1.86. The zero-order valence-corrected chi connectivity index (χ0v) is 5.29. The Balaban J connectivity index is 0. The lowest BCUT2D eigenvalue weighted by Crippen LogP contribution is -1.74. The molecule has 0 aromatic rings. The predicted octanol–water partition coefficient (Wildman–Crippen LogP) is 1.53. The molecule has 0 saturated heterocycles. The molecule has 0 spiro atoms. The van der Waals surface area contributed by atoms with Gasteiger partial charge in [0.05, 0.1) is 6.26 Å². The molecule has 0 fully saturated rings. The minimum atomic E-state index is 0.468. The maximum absolute atomic E-state index is 8.06. The third kappa shape index (κ3) is 18.9. The molecule has 1 N–H and O–H groups in total. The second-order valence-corrected chi connectivity index (χ2v) is 1.59. The Kier molecular flexibility index (Phi) is 12.2. The van der Waals surface area contributed by atoms with E-state index in [-0.39, 0.29) is 0 Å². The number of carbonyl (C=O) groups excluding carboxylic acids is 1. The number of hydrogen-bond donors (Lipinski definition) is 1. The first-order valence-electron chi connectivity index (χ1n) is 2.37. The van der Waals surface area contributed by atoms with Gasteiger partial charge in [-0.25, -0.2) is 0 Å². The van der Waals surface area contributed by atoms with E-state index in [4.69, 9.17) is 9.90 Å². The Bertz CT molecular complexity index is 57.5. The largest absolute Gasteiger partial charge is 0.516 e. The standard InChI is InChI=1S/C5H10O.CH2O/c1-5(2)3-4-6;1-2/h3-6H,1-2H3;1H2. The first-order chi connectivity index (χ1) is 3.77. The van der Waals surface area contributed by atoms with Crippen molar-refractivity contribution in [3.8, 4) is 0 Å². The summed E-state index contributed by atoms with van der Waals surface area (Å²) in [4.78, 5) is 8.00. The van der Waals surface area contributed by atoms with Crippen molar-refractivity contribution < 1.29 is 9.90 Å². The van der Waals surface area contributed by atoms with Crippen LogP contribution in [-0.4, -0.2) is 11.9 Å². The number of carbonyl (C=O) groups is 1. The van der Waals surface area contributed by atoms with Crippen LogP contribution in [0.3, 0.4) is 0 Å². The van der Waals surface area contributed by atoms with E-state index in [2.05, 4.69) is 0 Å². The average Bonchev–Trinajstić information content (AvgIpc) is 1.72. The van der Waals surface area contributed by atoms with Crippen molar-refractivity contribution in [2.45, 2.75) is 13.8 Å². The van der Waals surface area contributed by atoms with Gasteiger partial charge in [0.2, 0.25) is 0 Å². The van der Waals surface area contributed by atoms with Crippen molar-refractivity contribution in [2.75, 3.05) is 0 Å². The van der Waals surface area contributed by atoms with Gasteiger partial charge < -0.3 is 9.90 Å². The number of hydrogen-bond acceptors (Lipinski definition) is 2. The first-order valence-corrected chi connectivity index (χ1v) is 2.37. The third-order valence-electron chi connectivity index (χ3n) is 0.471. The van der Waals surface area contributed by atoms with Gasteiger partial charge >= 0.3 is 0 Å². The summed E-state index contributed by atoms with van der Waals surface area (Å²) in [5.74, 6) is 0.468. The third-order valence-corrected chi connectivity index (χ3v) is 0.471. The number of rotatable bonds is 1. The van der Waals surface area contributed by atoms with E-state index in [1.807, 2.05) is 20.6 Å². The topological polar surface area (TPSA) is 37.3 Å². The van der Waals surface area contributed by atoms with E-state index in [9.17, 15) is 0 Å². The van der Waals surface area contributed by atoms with Gasteiger partial charge in [0, 0.05) is 0 Å². The molecular formula is C6H12O2. The number of aliphatic hydroxyl groups is 1. The van der Waals surface area contributed by atoms with Crippen molar-refractivity contribution in [3.05, 3.63) is 12.3 Å². The fourth-order valence-electron chi connectivity index (χ4n) is 0.172. The molecule has 0 unspecified atom stereocenters. The fraction of sp³-hybridized carbons (Fsp3) is 0.500. The predicted molar refractivity (Wildman–Crippen MR) is 33.7 cm³/mol. The summed E-state index contributed by atoms with van der Waals surface area (Å²) in [7, 11) is 0. The van der Waals surface area contributed by atoms with E-state index in [1.165, 1.54) is 0 Å². The Morgan fingerprint density at radius 3 is 1.88 bits per heavy atom. The van der Waals surface area contributed by atoms with Crippen molar-refractivity contribution in [2.24, 2.45) is 5.92 Å². The molecule has 0 rings (SSSR count). The van der Waals surface area contributed by atoms with Crippen LogP contribution < -0.4 is 0 Å². The molecule has 0 aromatic carbocycles. The van der Waals surface area contributed by atoms with Gasteiger partial charge in [0.25, 0.3) is 0 Å². The highest BCUT2D eigenvalue weighted by molar-refractivity contribution is 5.10. The highest BCUT2D eigenvalue weighted by Crippen LogP contribution is 1.89. The Labute approximate surface area is 49.8 Å². The minimum Gasteiger partial charge on any atom is -0.516 e. The molecule has 0 bridgehead atoms. The van der Waals surface area contributed by atoms with Crippen LogP contribution in [0.25, 0.3) is 0 Å². The van der Waals surface area contributed by atoms with Gasteiger partial charge in [0.1, 0.15) is 6.79 Å². The normalized spacial score (nSPS) is 8.88. The first kappa shape index (κ1) is 10.2. The van der Waals surface area contributed by atoms with Crippen LogP contribution in [0.1, 0.15) is 13.8 Å². The zero-order chi connectivity index (χ0) is 6.99. The molecule has 0 saturated carbocycles. The Morgan fingerprint density at radius 1 is 1.50 bits per heavy atom. The maximum Gasteiger partial charge on any atom is 0.106 e. The van der Waals surface area contributed by atoms with Gasteiger partial charge in [0.15, 0.2) is 0 Å². The summed E-state index contributed by atoms with van der Waals surface area (Å²) < 4.78 is 0. The van der Waals surface area contributed by atoms with E-state index in [0.29, 0.717) is 5.92 Å². The maximum atomic E-state index is 8.06. The molecule has 2 nitrogen and oxygen atoms in total. The van der Waals surface area contributed by atoms with Gasteiger partial charge in [-0.1, -0.05) is 13.8 Å². The van der Waals surface area contributed by atoms with Crippen molar-refractivity contribution in [3.63, 3.8) is 0 Å². The minimum absolute atomic E-state index is 0.468. The van der Waals surface area contributed by atoms with Crippen LogP contribution in [0.2, 0.25) is 0 Å². The molecule has 48 valence electrons. The summed E-state index contributed by atoms with van der Waals surface area (Å²) in [6, 6.07) is 0. The van der Waals surface area contributed by atoms with Crippen LogP contribution in [-0.2, 0) is 4.79 Å². The SMILES string of the molecule is C=O.CC(C)C=CO. The summed E-state index contributed by atoms with van der Waals surface area (Å²) >= 11 is 0. The van der Waals surface area contributed by atoms with Crippen LogP contribution in [0.15, 0.2) is 12.3 Å². The quantitative estimate of drug-likeness (QED) is 0.527. The molecule has 0 heterocycles. The van der Waals surface area contributed by atoms with Gasteiger partial charge in [-0.15, -0.1) is 0 Å². The van der Waals surface area contributed by atoms with E-state index in [1.54, 1.807) is 6.08 Å². The van der Waals surface area contributed by atoms with Crippen molar-refractivity contribution in [1.82, 2.24) is 0 Å². The van der Waals surface area contributed by atoms with E-state index in [0.717, 1.165) is 6.26 Å². The summed E-state index contributed by atoms with van der Waals surface area (Å²) in [6.45, 7) is 6.01. The lowest BCUT2D eigenvalue weighted by molar-refractivity contribution is -0.0979. The van der Waals surface area contributed by atoms with Crippen molar-refractivity contribution in [1.29, 1.82) is 0 Å². The second kappa shape index (κ2) is 9.51. The molecular weight excluding hydrogens is 104 g/mol. The molecule has 8 heavy (non-hydrogen) atoms. The molecule has 0 amide bonds. The monoisotopic (exact) mass is 116 g/mol.